The molecular formula is C20H22N4O4. The highest BCUT2D eigenvalue weighted by atomic mass is 16.5. The van der Waals surface area contributed by atoms with Crippen LogP contribution >= 0.6 is 0 Å². The van der Waals surface area contributed by atoms with E-state index < -0.39 is 6.04 Å². The summed E-state index contributed by atoms with van der Waals surface area (Å²) in [4.78, 5) is 19.6. The summed E-state index contributed by atoms with van der Waals surface area (Å²) in [5.74, 6) is 2.04. The van der Waals surface area contributed by atoms with E-state index in [0.29, 0.717) is 47.4 Å². The number of methoxy groups -OCH3 is 2. The number of benzene rings is 1. The van der Waals surface area contributed by atoms with E-state index in [1.807, 2.05) is 11.0 Å². The van der Waals surface area contributed by atoms with E-state index in [0.717, 1.165) is 11.9 Å². The van der Waals surface area contributed by atoms with Crippen molar-refractivity contribution in [3.8, 4) is 11.5 Å². The highest BCUT2D eigenvalue weighted by Gasteiger charge is 2.32. The SMILES string of the molecule is COc1cc2nc(N3CCNCC3C(=O)c3ccco3)cc(N)c2cc1OC. The minimum absolute atomic E-state index is 0.0926. The third-order valence-electron chi connectivity index (χ3n) is 4.94. The van der Waals surface area contributed by atoms with Gasteiger partial charge in [-0.25, -0.2) is 4.98 Å². The Bertz CT molecular complexity index is 1000. The molecule has 8 nitrogen and oxygen atoms in total. The van der Waals surface area contributed by atoms with E-state index in [4.69, 9.17) is 24.6 Å². The van der Waals surface area contributed by atoms with Gasteiger partial charge in [-0.05, 0) is 18.2 Å². The van der Waals surface area contributed by atoms with E-state index in [9.17, 15) is 4.79 Å². The van der Waals surface area contributed by atoms with Crippen molar-refractivity contribution in [2.75, 3.05) is 44.5 Å². The number of rotatable bonds is 5. The molecule has 1 atom stereocenters. The lowest BCUT2D eigenvalue weighted by Gasteiger charge is -2.36. The Labute approximate surface area is 162 Å². The zero-order valence-electron chi connectivity index (χ0n) is 15.8. The fourth-order valence-corrected chi connectivity index (χ4v) is 3.51. The lowest BCUT2D eigenvalue weighted by atomic mass is 10.1. The zero-order valence-corrected chi connectivity index (χ0v) is 15.8. The molecule has 0 amide bonds. The summed E-state index contributed by atoms with van der Waals surface area (Å²) in [5.41, 5.74) is 7.55. The van der Waals surface area contributed by atoms with Crippen LogP contribution < -0.4 is 25.4 Å². The second-order valence-corrected chi connectivity index (χ2v) is 6.55. The van der Waals surface area contributed by atoms with Gasteiger partial charge in [0.05, 0.1) is 26.0 Å². The molecule has 146 valence electrons. The van der Waals surface area contributed by atoms with E-state index in [1.165, 1.54) is 6.26 Å². The molecule has 0 bridgehead atoms. The van der Waals surface area contributed by atoms with E-state index in [2.05, 4.69) is 5.32 Å². The second kappa shape index (κ2) is 7.40. The van der Waals surface area contributed by atoms with Gasteiger partial charge < -0.3 is 29.8 Å². The molecule has 28 heavy (non-hydrogen) atoms. The highest BCUT2D eigenvalue weighted by molar-refractivity contribution is 6.00. The number of Topliss-reactive ketones (excluding diaryl/α,β-unsaturated/α-hetero) is 1. The van der Waals surface area contributed by atoms with Gasteiger partial charge in [0.15, 0.2) is 17.3 Å². The third kappa shape index (κ3) is 3.11. The first-order valence-corrected chi connectivity index (χ1v) is 8.99. The third-order valence-corrected chi connectivity index (χ3v) is 4.94. The Morgan fingerprint density at radius 3 is 2.79 bits per heavy atom. The smallest absolute Gasteiger partial charge is 0.221 e. The number of nitrogen functional groups attached to an aromatic ring is 1. The van der Waals surface area contributed by atoms with Crippen molar-refractivity contribution in [1.29, 1.82) is 0 Å². The van der Waals surface area contributed by atoms with Crippen LogP contribution in [-0.2, 0) is 0 Å². The molecule has 0 radical (unpaired) electrons. The molecule has 8 heteroatoms. The fraction of sp³-hybridized carbons (Fsp3) is 0.300. The van der Waals surface area contributed by atoms with Gasteiger partial charge in [-0.2, -0.15) is 0 Å². The van der Waals surface area contributed by atoms with Crippen LogP contribution in [0.2, 0.25) is 0 Å². The Kier molecular flexibility index (Phi) is 4.79. The number of furan rings is 1. The molecule has 2 aromatic heterocycles. The van der Waals surface area contributed by atoms with Gasteiger partial charge in [0, 0.05) is 42.8 Å². The van der Waals surface area contributed by atoms with Gasteiger partial charge in [0.2, 0.25) is 5.78 Å². The summed E-state index contributed by atoms with van der Waals surface area (Å²) in [7, 11) is 3.15. The normalized spacial score (nSPS) is 16.9. The molecule has 1 aliphatic rings. The number of anilines is 2. The number of nitrogens with zero attached hydrogens (tertiary/aromatic N) is 2. The number of piperazine rings is 1. The van der Waals surface area contributed by atoms with Crippen LogP contribution in [-0.4, -0.2) is 50.7 Å². The topological polar surface area (TPSA) is 103 Å². The minimum Gasteiger partial charge on any atom is -0.493 e. The van der Waals surface area contributed by atoms with Crippen molar-refractivity contribution in [3.63, 3.8) is 0 Å². The lowest BCUT2D eigenvalue weighted by molar-refractivity contribution is 0.0923. The Balaban J connectivity index is 1.77. The van der Waals surface area contributed by atoms with Gasteiger partial charge in [0.1, 0.15) is 11.9 Å². The standard InChI is InChI=1S/C20H22N4O4/c1-26-17-8-12-13(21)9-19(23-14(12)10-18(17)27-2)24-6-5-22-11-15(24)20(25)16-4-3-7-28-16/h3-4,7-10,15,22H,5-6,11H2,1-2H3,(H2,21,23). The van der Waals surface area contributed by atoms with E-state index >= 15 is 0 Å². The quantitative estimate of drug-likeness (QED) is 0.647. The highest BCUT2D eigenvalue weighted by Crippen LogP contribution is 2.35. The molecule has 3 N–H and O–H groups in total. The molecule has 3 aromatic rings. The van der Waals surface area contributed by atoms with Crippen molar-refractivity contribution < 1.29 is 18.7 Å². The van der Waals surface area contributed by atoms with Crippen LogP contribution in [0.4, 0.5) is 11.5 Å². The number of pyridine rings is 1. The van der Waals surface area contributed by atoms with E-state index in [-0.39, 0.29) is 5.78 Å². The summed E-state index contributed by atoms with van der Waals surface area (Å²) in [6, 6.07) is 8.35. The number of hydrogen-bond acceptors (Lipinski definition) is 8. The van der Waals surface area contributed by atoms with Gasteiger partial charge in [0.25, 0.3) is 0 Å². The maximum absolute atomic E-state index is 12.9. The first-order valence-electron chi connectivity index (χ1n) is 8.99. The molecule has 0 saturated carbocycles. The number of ketones is 1. The number of fused-ring (bicyclic) bond motifs is 1. The molecular weight excluding hydrogens is 360 g/mol. The molecule has 1 fully saturated rings. The molecule has 1 aromatic carbocycles. The Morgan fingerprint density at radius 1 is 1.29 bits per heavy atom. The summed E-state index contributed by atoms with van der Waals surface area (Å²) in [5, 5.41) is 4.03. The van der Waals surface area contributed by atoms with Crippen molar-refractivity contribution in [1.82, 2.24) is 10.3 Å². The number of carbonyl (C=O) groups is 1. The summed E-state index contributed by atoms with van der Waals surface area (Å²) in [6.45, 7) is 1.88. The van der Waals surface area contributed by atoms with Crippen LogP contribution in [0, 0.1) is 0 Å². The lowest BCUT2D eigenvalue weighted by Crippen LogP contribution is -2.55. The van der Waals surface area contributed by atoms with Crippen molar-refractivity contribution in [2.24, 2.45) is 0 Å². The number of nitrogens with two attached hydrogens (primary N) is 1. The van der Waals surface area contributed by atoms with Crippen LogP contribution in [0.1, 0.15) is 10.6 Å². The van der Waals surface area contributed by atoms with Gasteiger partial charge in [-0.1, -0.05) is 0 Å². The molecule has 1 saturated heterocycles. The number of ether oxygens (including phenoxy) is 2. The summed E-state index contributed by atoms with van der Waals surface area (Å²) in [6.07, 6.45) is 1.50. The van der Waals surface area contributed by atoms with Gasteiger partial charge >= 0.3 is 0 Å². The molecule has 4 rings (SSSR count). The maximum atomic E-state index is 12.9. The fourth-order valence-electron chi connectivity index (χ4n) is 3.51. The first-order chi connectivity index (χ1) is 13.6. The maximum Gasteiger partial charge on any atom is 0.221 e. The number of carbonyl (C=O) groups excluding carboxylic acids is 1. The number of hydrogen-bond donors (Lipinski definition) is 2. The summed E-state index contributed by atoms with van der Waals surface area (Å²) < 4.78 is 16.0. The molecule has 3 heterocycles. The molecule has 1 aliphatic heterocycles. The monoisotopic (exact) mass is 382 g/mol. The molecule has 1 unspecified atom stereocenters. The largest absolute Gasteiger partial charge is 0.493 e. The van der Waals surface area contributed by atoms with Crippen LogP contribution in [0.3, 0.4) is 0 Å². The molecule has 0 spiro atoms. The number of aromatic nitrogens is 1. The van der Waals surface area contributed by atoms with Gasteiger partial charge in [-0.3, -0.25) is 4.79 Å². The van der Waals surface area contributed by atoms with Crippen LogP contribution in [0.25, 0.3) is 10.9 Å². The Morgan fingerprint density at radius 2 is 2.07 bits per heavy atom. The van der Waals surface area contributed by atoms with Crippen molar-refractivity contribution in [3.05, 3.63) is 42.4 Å². The number of nitrogens with one attached hydrogen (secondary N) is 1. The van der Waals surface area contributed by atoms with Crippen molar-refractivity contribution >= 4 is 28.2 Å². The van der Waals surface area contributed by atoms with Crippen molar-refractivity contribution in [2.45, 2.75) is 6.04 Å². The minimum atomic E-state index is -0.426. The average Bonchev–Trinajstić information content (AvgIpc) is 3.27. The van der Waals surface area contributed by atoms with E-state index in [1.54, 1.807) is 38.5 Å². The van der Waals surface area contributed by atoms with Crippen LogP contribution in [0.15, 0.2) is 41.0 Å². The van der Waals surface area contributed by atoms with Gasteiger partial charge in [-0.15, -0.1) is 0 Å². The van der Waals surface area contributed by atoms with Crippen LogP contribution in [0.5, 0.6) is 11.5 Å². The predicted octanol–water partition coefficient (Wildman–Crippen LogP) is 2.09. The first kappa shape index (κ1) is 18.1. The molecule has 0 aliphatic carbocycles. The average molecular weight is 382 g/mol. The summed E-state index contributed by atoms with van der Waals surface area (Å²) >= 11 is 0. The predicted molar refractivity (Wildman–Crippen MR) is 106 cm³/mol. The Hall–Kier alpha value is -3.26. The second-order valence-electron chi connectivity index (χ2n) is 6.55. The zero-order chi connectivity index (χ0) is 19.7.